The standard InChI is InChI=1S/C16H16BrN2OS2.BrH/c17-12-4-6-13(7-5-12)18-11-16(20,14-3-1-9-21-14)19-8-2-10-22-15(18)19;/h1,3-7,9,20H,2,8,10-11H2;1H/q+1;/p-1. The molecule has 0 saturated heterocycles. The van der Waals surface area contributed by atoms with Crippen molar-refractivity contribution in [2.75, 3.05) is 23.7 Å². The minimum absolute atomic E-state index is 0. The summed E-state index contributed by atoms with van der Waals surface area (Å²) in [5.41, 5.74) is 0.217. The van der Waals surface area contributed by atoms with Crippen molar-refractivity contribution in [2.24, 2.45) is 0 Å². The second-order valence-electron chi connectivity index (χ2n) is 5.49. The second-order valence-corrected chi connectivity index (χ2v) is 8.42. The van der Waals surface area contributed by atoms with E-state index in [1.165, 1.54) is 5.17 Å². The number of thiophene rings is 1. The molecule has 122 valence electrons. The Hall–Kier alpha value is -0.340. The third kappa shape index (κ3) is 3.02. The van der Waals surface area contributed by atoms with E-state index in [4.69, 9.17) is 0 Å². The number of halogens is 2. The first-order valence-corrected chi connectivity index (χ1v) is 9.91. The van der Waals surface area contributed by atoms with Gasteiger partial charge in [-0.1, -0.05) is 22.0 Å². The maximum absolute atomic E-state index is 11.4. The number of benzene rings is 1. The Bertz CT molecular complexity index is 718. The SMILES string of the molecule is OC1(c2cccs2)CN(c2ccc(Br)cc2)C2=[N+]1CCCS2.[Br-]. The van der Waals surface area contributed by atoms with Crippen LogP contribution in [0.3, 0.4) is 0 Å². The molecule has 0 aliphatic carbocycles. The number of rotatable bonds is 2. The third-order valence-electron chi connectivity index (χ3n) is 4.10. The normalized spacial score (nSPS) is 23.7. The summed E-state index contributed by atoms with van der Waals surface area (Å²) >= 11 is 6.96. The van der Waals surface area contributed by atoms with E-state index in [1.807, 2.05) is 29.3 Å². The number of nitrogens with zero attached hydrogens (tertiary/aromatic N) is 2. The number of anilines is 1. The Balaban J connectivity index is 0.00000156. The molecule has 1 aromatic heterocycles. The lowest BCUT2D eigenvalue weighted by molar-refractivity contribution is -0.655. The van der Waals surface area contributed by atoms with Gasteiger partial charge < -0.3 is 22.1 Å². The van der Waals surface area contributed by atoms with Gasteiger partial charge in [0.15, 0.2) is 6.54 Å². The van der Waals surface area contributed by atoms with Crippen LogP contribution in [0.1, 0.15) is 11.3 Å². The number of hydrogen-bond acceptors (Lipinski definition) is 4. The molecule has 0 spiro atoms. The van der Waals surface area contributed by atoms with Gasteiger partial charge in [0.25, 0.3) is 5.72 Å². The first-order valence-electron chi connectivity index (χ1n) is 7.25. The fraction of sp³-hybridized carbons (Fsp3) is 0.312. The third-order valence-corrected chi connectivity index (χ3v) is 6.83. The monoisotopic (exact) mass is 474 g/mol. The summed E-state index contributed by atoms with van der Waals surface area (Å²) in [5, 5.41) is 14.6. The highest BCUT2D eigenvalue weighted by molar-refractivity contribution is 9.10. The van der Waals surface area contributed by atoms with E-state index in [9.17, 15) is 5.11 Å². The maximum atomic E-state index is 11.4. The lowest BCUT2D eigenvalue weighted by Crippen LogP contribution is -3.00. The Morgan fingerprint density at radius 1 is 1.22 bits per heavy atom. The van der Waals surface area contributed by atoms with Crippen LogP contribution in [0.2, 0.25) is 0 Å². The molecule has 7 heteroatoms. The maximum Gasteiger partial charge on any atom is 0.316 e. The topological polar surface area (TPSA) is 26.5 Å². The predicted molar refractivity (Wildman–Crippen MR) is 96.9 cm³/mol. The quantitative estimate of drug-likeness (QED) is 0.647. The average Bonchev–Trinajstić information content (AvgIpc) is 3.17. The minimum Gasteiger partial charge on any atom is -1.00 e. The first kappa shape index (κ1) is 17.5. The number of hydrogen-bond donors (Lipinski definition) is 1. The van der Waals surface area contributed by atoms with Gasteiger partial charge in [-0.25, -0.2) is 9.48 Å². The van der Waals surface area contributed by atoms with Crippen molar-refractivity contribution in [3.8, 4) is 0 Å². The summed E-state index contributed by atoms with van der Waals surface area (Å²) in [4.78, 5) is 3.27. The molecule has 2 aliphatic rings. The largest absolute Gasteiger partial charge is 1.00 e. The van der Waals surface area contributed by atoms with Crippen molar-refractivity contribution >= 4 is 49.9 Å². The van der Waals surface area contributed by atoms with Crippen molar-refractivity contribution in [3.05, 3.63) is 51.1 Å². The molecule has 2 aliphatic heterocycles. The van der Waals surface area contributed by atoms with E-state index in [-0.39, 0.29) is 17.0 Å². The van der Waals surface area contributed by atoms with Crippen molar-refractivity contribution in [1.82, 2.24) is 0 Å². The van der Waals surface area contributed by atoms with Gasteiger partial charge in [-0.2, -0.15) is 0 Å². The summed E-state index contributed by atoms with van der Waals surface area (Å²) in [5.74, 6) is 1.11. The zero-order valence-electron chi connectivity index (χ0n) is 12.3. The fourth-order valence-electron chi connectivity index (χ4n) is 3.04. The molecular formula is C16H16Br2N2OS2. The van der Waals surface area contributed by atoms with Crippen molar-refractivity contribution in [3.63, 3.8) is 0 Å². The van der Waals surface area contributed by atoms with Crippen LogP contribution in [-0.4, -0.2) is 33.7 Å². The van der Waals surface area contributed by atoms with Crippen molar-refractivity contribution < 1.29 is 26.7 Å². The smallest absolute Gasteiger partial charge is 0.316 e. The first-order chi connectivity index (χ1) is 10.7. The fourth-order valence-corrected chi connectivity index (χ4v) is 5.31. The molecule has 0 radical (unpaired) electrons. The summed E-state index contributed by atoms with van der Waals surface area (Å²) in [6.07, 6.45) is 1.11. The van der Waals surface area contributed by atoms with E-state index in [0.29, 0.717) is 6.54 Å². The van der Waals surface area contributed by atoms with Crippen LogP contribution in [0.25, 0.3) is 0 Å². The molecule has 4 rings (SSSR count). The molecule has 2 aromatic rings. The van der Waals surface area contributed by atoms with Gasteiger partial charge in [-0.15, -0.1) is 11.3 Å². The van der Waals surface area contributed by atoms with Crippen LogP contribution >= 0.6 is 39.0 Å². The second kappa shape index (κ2) is 6.88. The lowest BCUT2D eigenvalue weighted by Gasteiger charge is -2.22. The Morgan fingerprint density at radius 3 is 2.70 bits per heavy atom. The Labute approximate surface area is 162 Å². The molecule has 1 N–H and O–H groups in total. The van der Waals surface area contributed by atoms with E-state index in [2.05, 4.69) is 49.7 Å². The molecule has 0 saturated carbocycles. The van der Waals surface area contributed by atoms with Gasteiger partial charge in [0.1, 0.15) is 5.69 Å². The van der Waals surface area contributed by atoms with Gasteiger partial charge in [0.2, 0.25) is 0 Å². The zero-order valence-corrected chi connectivity index (χ0v) is 17.1. The highest BCUT2D eigenvalue weighted by Crippen LogP contribution is 2.39. The highest BCUT2D eigenvalue weighted by atomic mass is 79.9. The molecule has 3 heterocycles. The van der Waals surface area contributed by atoms with Gasteiger partial charge in [-0.3, -0.25) is 0 Å². The van der Waals surface area contributed by atoms with Crippen LogP contribution in [-0.2, 0) is 5.72 Å². The van der Waals surface area contributed by atoms with Crippen molar-refractivity contribution in [2.45, 2.75) is 12.1 Å². The van der Waals surface area contributed by atoms with E-state index in [1.54, 1.807) is 11.3 Å². The molecule has 23 heavy (non-hydrogen) atoms. The molecule has 1 atom stereocenters. The van der Waals surface area contributed by atoms with Gasteiger partial charge in [0, 0.05) is 10.2 Å². The predicted octanol–water partition coefficient (Wildman–Crippen LogP) is 0.685. The Kier molecular flexibility index (Phi) is 5.23. The van der Waals surface area contributed by atoms with Crippen LogP contribution in [0.4, 0.5) is 5.69 Å². The molecular weight excluding hydrogens is 460 g/mol. The minimum atomic E-state index is -0.913. The summed E-state index contributed by atoms with van der Waals surface area (Å²) in [6, 6.07) is 12.4. The molecule has 0 amide bonds. The van der Waals surface area contributed by atoms with Crippen LogP contribution in [0, 0.1) is 0 Å². The van der Waals surface area contributed by atoms with Crippen LogP contribution in [0.15, 0.2) is 46.3 Å². The molecule has 3 nitrogen and oxygen atoms in total. The summed E-state index contributed by atoms with van der Waals surface area (Å²) < 4.78 is 3.25. The van der Waals surface area contributed by atoms with Crippen molar-refractivity contribution in [1.29, 1.82) is 0 Å². The average molecular weight is 476 g/mol. The van der Waals surface area contributed by atoms with Gasteiger partial charge in [0.05, 0.1) is 11.4 Å². The van der Waals surface area contributed by atoms with Crippen LogP contribution < -0.4 is 21.9 Å². The van der Waals surface area contributed by atoms with E-state index < -0.39 is 5.72 Å². The van der Waals surface area contributed by atoms with Crippen LogP contribution in [0.5, 0.6) is 0 Å². The summed E-state index contributed by atoms with van der Waals surface area (Å²) in [6.45, 7) is 1.49. The molecule has 0 bridgehead atoms. The summed E-state index contributed by atoms with van der Waals surface area (Å²) in [7, 11) is 0. The number of amidine groups is 1. The lowest BCUT2D eigenvalue weighted by atomic mass is 10.1. The number of thioether (sulfide) groups is 1. The number of β-amino-alcohol motifs (C(OH)–C–C–N with tert-alkyl or cyclic N) is 1. The van der Waals surface area contributed by atoms with Gasteiger partial charge in [-0.05, 0) is 53.9 Å². The van der Waals surface area contributed by atoms with E-state index in [0.717, 1.165) is 33.8 Å². The molecule has 0 fully saturated rings. The Morgan fingerprint density at radius 2 is 2.00 bits per heavy atom. The molecule has 1 unspecified atom stereocenters. The zero-order chi connectivity index (χ0) is 15.2. The molecule has 1 aromatic carbocycles. The highest BCUT2D eigenvalue weighted by Gasteiger charge is 2.53. The van der Waals surface area contributed by atoms with Gasteiger partial charge >= 0.3 is 5.17 Å². The number of aliphatic hydroxyl groups is 1. The van der Waals surface area contributed by atoms with E-state index >= 15 is 0 Å².